The molecule has 0 amide bonds. The molecule has 0 aliphatic rings. The average Bonchev–Trinajstić information content (AvgIpc) is 2.91. The Kier molecular flexibility index (Phi) is 13.0. The van der Waals surface area contributed by atoms with Crippen LogP contribution in [-0.4, -0.2) is 24.1 Å². The zero-order chi connectivity index (χ0) is 17.6. The lowest BCUT2D eigenvalue weighted by atomic mass is 10.1. The van der Waals surface area contributed by atoms with Crippen LogP contribution in [0.15, 0.2) is 18.7 Å². The molecule has 0 aromatic carbocycles. The van der Waals surface area contributed by atoms with Gasteiger partial charge in [-0.15, -0.1) is 0 Å². The van der Waals surface area contributed by atoms with E-state index in [9.17, 15) is 13.0 Å². The van der Waals surface area contributed by atoms with Crippen LogP contribution >= 0.6 is 0 Å². The van der Waals surface area contributed by atoms with Gasteiger partial charge < -0.3 is 4.55 Å². The normalized spacial score (nSPS) is 11.1. The molecule has 1 rings (SSSR count). The molecule has 7 heteroatoms. The summed E-state index contributed by atoms with van der Waals surface area (Å²) in [5.74, 6) is 0. The van der Waals surface area contributed by atoms with Crippen molar-refractivity contribution in [3.05, 3.63) is 18.7 Å². The van der Waals surface area contributed by atoms with Gasteiger partial charge in [0, 0.05) is 0 Å². The maximum Gasteiger partial charge on any atom is 0.243 e. The van der Waals surface area contributed by atoms with Crippen LogP contribution in [0.25, 0.3) is 0 Å². The standard InChI is InChI=1S/C10H22O4S.C6H11N2/c1-2-3-4-5-6-7-8-9-10-14-15(11,12)13;1-3-8-5-4-7(2)6-8/h2-10H2,1H3,(H,11,12,13);4-6H,3H2,1-2H3/q;+1/p-1. The van der Waals surface area contributed by atoms with Gasteiger partial charge in [0.1, 0.15) is 12.4 Å². The van der Waals surface area contributed by atoms with E-state index in [1.807, 2.05) is 17.8 Å². The predicted octanol–water partition coefficient (Wildman–Crippen LogP) is 2.94. The smallest absolute Gasteiger partial charge is 0.243 e. The Bertz CT molecular complexity index is 486. The zero-order valence-electron chi connectivity index (χ0n) is 14.7. The van der Waals surface area contributed by atoms with Gasteiger partial charge in [-0.25, -0.2) is 17.6 Å². The molecule has 1 aromatic heterocycles. The number of hydrogen-bond acceptors (Lipinski definition) is 4. The molecule has 0 saturated carbocycles. The largest absolute Gasteiger partial charge is 0.726 e. The molecular formula is C16H32N2O4S. The Morgan fingerprint density at radius 2 is 1.61 bits per heavy atom. The van der Waals surface area contributed by atoms with E-state index >= 15 is 0 Å². The lowest BCUT2D eigenvalue weighted by molar-refractivity contribution is -0.671. The molecule has 0 aliphatic carbocycles. The molecule has 1 aromatic rings. The second-order valence-corrected chi connectivity index (χ2v) is 6.67. The highest BCUT2D eigenvalue weighted by Crippen LogP contribution is 2.08. The first-order valence-electron chi connectivity index (χ1n) is 8.50. The van der Waals surface area contributed by atoms with Crippen LogP contribution in [-0.2, 0) is 28.2 Å². The fourth-order valence-electron chi connectivity index (χ4n) is 2.09. The Balaban J connectivity index is 0.000000502. The summed E-state index contributed by atoms with van der Waals surface area (Å²) >= 11 is 0. The minimum absolute atomic E-state index is 0.0286. The monoisotopic (exact) mass is 348 g/mol. The van der Waals surface area contributed by atoms with E-state index in [1.54, 1.807) is 0 Å². The molecular weight excluding hydrogens is 316 g/mol. The molecule has 0 unspecified atom stereocenters. The number of aromatic nitrogens is 2. The highest BCUT2D eigenvalue weighted by Gasteiger charge is 1.95. The van der Waals surface area contributed by atoms with Crippen molar-refractivity contribution in [2.45, 2.75) is 71.8 Å². The fourth-order valence-corrected chi connectivity index (χ4v) is 2.41. The van der Waals surface area contributed by atoms with Crippen molar-refractivity contribution < 1.29 is 21.7 Å². The van der Waals surface area contributed by atoms with Crippen LogP contribution in [0, 0.1) is 0 Å². The summed E-state index contributed by atoms with van der Waals surface area (Å²) in [6.45, 7) is 5.39. The third kappa shape index (κ3) is 15.7. The average molecular weight is 349 g/mol. The van der Waals surface area contributed by atoms with Crippen LogP contribution < -0.4 is 4.57 Å². The van der Waals surface area contributed by atoms with Crippen LogP contribution in [0.4, 0.5) is 0 Å². The van der Waals surface area contributed by atoms with Crippen LogP contribution in [0.3, 0.4) is 0 Å². The van der Waals surface area contributed by atoms with Gasteiger partial charge in [0.2, 0.25) is 16.7 Å². The van der Waals surface area contributed by atoms with Gasteiger partial charge >= 0.3 is 0 Å². The molecule has 23 heavy (non-hydrogen) atoms. The summed E-state index contributed by atoms with van der Waals surface area (Å²) in [7, 11) is -2.46. The number of unbranched alkanes of at least 4 members (excludes halogenated alkanes) is 7. The molecule has 0 aliphatic heterocycles. The van der Waals surface area contributed by atoms with E-state index in [2.05, 4.69) is 35.1 Å². The van der Waals surface area contributed by atoms with Crippen molar-refractivity contribution >= 4 is 10.4 Å². The summed E-state index contributed by atoms with van der Waals surface area (Å²) in [5, 5.41) is 0. The first-order chi connectivity index (χ1) is 10.9. The molecule has 0 N–H and O–H groups in total. The topological polar surface area (TPSA) is 75.2 Å². The Morgan fingerprint density at radius 1 is 1.04 bits per heavy atom. The minimum Gasteiger partial charge on any atom is -0.726 e. The molecule has 6 nitrogen and oxygen atoms in total. The highest BCUT2D eigenvalue weighted by molar-refractivity contribution is 7.80. The van der Waals surface area contributed by atoms with Gasteiger partial charge in [0.05, 0.1) is 20.2 Å². The van der Waals surface area contributed by atoms with Crippen molar-refractivity contribution in [3.8, 4) is 0 Å². The van der Waals surface area contributed by atoms with Gasteiger partial charge in [0.25, 0.3) is 0 Å². The quantitative estimate of drug-likeness (QED) is 0.267. The van der Waals surface area contributed by atoms with Crippen LogP contribution in [0.5, 0.6) is 0 Å². The SMILES string of the molecule is CCCCCCCCCCOS(=O)(=O)[O-].CCn1cc[n+](C)c1. The summed E-state index contributed by atoms with van der Waals surface area (Å²) in [6, 6.07) is 0. The lowest BCUT2D eigenvalue weighted by Crippen LogP contribution is -2.23. The second-order valence-electron chi connectivity index (χ2n) is 5.61. The van der Waals surface area contributed by atoms with Crippen LogP contribution in [0.1, 0.15) is 65.2 Å². The van der Waals surface area contributed by atoms with Crippen molar-refractivity contribution in [1.82, 2.24) is 4.57 Å². The maximum atomic E-state index is 10.1. The highest BCUT2D eigenvalue weighted by atomic mass is 32.3. The fraction of sp³-hybridized carbons (Fsp3) is 0.812. The minimum atomic E-state index is -4.48. The first kappa shape index (κ1) is 22.1. The molecule has 0 bridgehead atoms. The number of rotatable bonds is 11. The molecule has 0 radical (unpaired) electrons. The first-order valence-corrected chi connectivity index (χ1v) is 9.83. The van der Waals surface area contributed by atoms with Gasteiger partial charge in [-0.2, -0.15) is 0 Å². The molecule has 0 atom stereocenters. The van der Waals surface area contributed by atoms with Crippen molar-refractivity contribution in [3.63, 3.8) is 0 Å². The maximum absolute atomic E-state index is 10.1. The number of hydrogen-bond donors (Lipinski definition) is 0. The summed E-state index contributed by atoms with van der Waals surface area (Å²) in [4.78, 5) is 0. The molecule has 0 spiro atoms. The molecule has 136 valence electrons. The Hall–Kier alpha value is -0.920. The molecule has 0 saturated heterocycles. The van der Waals surface area contributed by atoms with Gasteiger partial charge in [0.15, 0.2) is 0 Å². The lowest BCUT2D eigenvalue weighted by Gasteiger charge is -2.06. The van der Waals surface area contributed by atoms with E-state index in [-0.39, 0.29) is 6.61 Å². The second kappa shape index (κ2) is 13.5. The number of nitrogens with zero attached hydrogens (tertiary/aromatic N) is 2. The third-order valence-electron chi connectivity index (χ3n) is 3.41. The predicted molar refractivity (Wildman–Crippen MR) is 89.5 cm³/mol. The molecule has 0 fully saturated rings. The summed E-state index contributed by atoms with van der Waals surface area (Å²) < 4.78 is 38.4. The molecule has 1 heterocycles. The Morgan fingerprint density at radius 3 is 2.00 bits per heavy atom. The van der Waals surface area contributed by atoms with Gasteiger partial charge in [-0.3, -0.25) is 4.18 Å². The van der Waals surface area contributed by atoms with E-state index in [0.717, 1.165) is 19.4 Å². The summed E-state index contributed by atoms with van der Waals surface area (Å²) in [6.07, 6.45) is 15.1. The summed E-state index contributed by atoms with van der Waals surface area (Å²) in [5.41, 5.74) is 0. The van der Waals surface area contributed by atoms with Crippen molar-refractivity contribution in [2.75, 3.05) is 6.61 Å². The van der Waals surface area contributed by atoms with E-state index in [0.29, 0.717) is 6.42 Å². The number of imidazole rings is 1. The van der Waals surface area contributed by atoms with Crippen molar-refractivity contribution in [2.24, 2.45) is 7.05 Å². The van der Waals surface area contributed by atoms with Gasteiger partial charge in [-0.1, -0.05) is 51.9 Å². The van der Waals surface area contributed by atoms with E-state index < -0.39 is 10.4 Å². The van der Waals surface area contributed by atoms with E-state index in [4.69, 9.17) is 0 Å². The Labute approximate surface area is 141 Å². The van der Waals surface area contributed by atoms with Crippen LogP contribution in [0.2, 0.25) is 0 Å². The van der Waals surface area contributed by atoms with Gasteiger partial charge in [-0.05, 0) is 13.3 Å². The van der Waals surface area contributed by atoms with E-state index in [1.165, 1.54) is 32.1 Å². The van der Waals surface area contributed by atoms with Crippen molar-refractivity contribution in [1.29, 1.82) is 0 Å². The third-order valence-corrected chi connectivity index (χ3v) is 3.87. The zero-order valence-corrected chi connectivity index (χ0v) is 15.6. The number of aryl methyl sites for hydroxylation is 2.